The van der Waals surface area contributed by atoms with Crippen LogP contribution in [0.4, 0.5) is 4.79 Å². The average molecular weight is 328 g/mol. The summed E-state index contributed by atoms with van der Waals surface area (Å²) in [5.74, 6) is -0.248. The van der Waals surface area contributed by atoms with Crippen LogP contribution in [0.15, 0.2) is 5.38 Å². The van der Waals surface area contributed by atoms with Crippen LogP contribution in [-0.4, -0.2) is 30.2 Å². The van der Waals surface area contributed by atoms with Gasteiger partial charge in [0.25, 0.3) is 0 Å². The molecule has 0 aromatic carbocycles. The number of carbonyl (C=O) groups excluding carboxylic acids is 2. The maximum atomic E-state index is 11.9. The molecular formula is C15H24N2O4S. The van der Waals surface area contributed by atoms with E-state index >= 15 is 0 Å². The van der Waals surface area contributed by atoms with Crippen LogP contribution < -0.4 is 5.32 Å². The summed E-state index contributed by atoms with van der Waals surface area (Å²) in [7, 11) is 1.29. The number of amides is 1. The fraction of sp³-hybridized carbons (Fsp3) is 0.667. The van der Waals surface area contributed by atoms with E-state index in [1.165, 1.54) is 7.11 Å². The molecule has 7 heteroatoms. The molecule has 0 saturated carbocycles. The van der Waals surface area contributed by atoms with E-state index in [1.54, 1.807) is 18.3 Å². The Bertz CT molecular complexity index is 513. The lowest BCUT2D eigenvalue weighted by atomic mass is 10.1. The van der Waals surface area contributed by atoms with Crippen LogP contribution in [0.3, 0.4) is 0 Å². The molecule has 1 aromatic heterocycles. The number of alkyl carbamates (subject to hydrolysis) is 1. The number of thiazole rings is 1. The summed E-state index contributed by atoms with van der Waals surface area (Å²) in [6.07, 6.45) is -1.13. The molecule has 0 fully saturated rings. The van der Waals surface area contributed by atoms with Crippen LogP contribution in [0.25, 0.3) is 0 Å². The molecule has 0 aliphatic heterocycles. The molecule has 22 heavy (non-hydrogen) atoms. The number of ether oxygens (including phenoxy) is 2. The molecule has 1 N–H and O–H groups in total. The Morgan fingerprint density at radius 3 is 2.32 bits per heavy atom. The number of hydrogen-bond donors (Lipinski definition) is 1. The summed E-state index contributed by atoms with van der Waals surface area (Å²) >= 11 is 1.54. The Balaban J connectivity index is 2.64. The molecule has 1 rings (SSSR count). The van der Waals surface area contributed by atoms with Crippen molar-refractivity contribution in [1.82, 2.24) is 10.3 Å². The zero-order valence-electron chi connectivity index (χ0n) is 13.9. The third-order valence-corrected chi connectivity index (χ3v) is 4.29. The van der Waals surface area contributed by atoms with Crippen LogP contribution in [0.2, 0.25) is 0 Å². The molecular weight excluding hydrogens is 304 g/mol. The van der Waals surface area contributed by atoms with E-state index in [0.717, 1.165) is 5.01 Å². The fourth-order valence-electron chi connectivity index (χ4n) is 1.76. The van der Waals surface area contributed by atoms with Gasteiger partial charge in [-0.15, -0.1) is 11.3 Å². The summed E-state index contributed by atoms with van der Waals surface area (Å²) in [4.78, 5) is 28.0. The van der Waals surface area contributed by atoms with Crippen molar-refractivity contribution in [3.63, 3.8) is 0 Å². The van der Waals surface area contributed by atoms with Gasteiger partial charge in [0.1, 0.15) is 12.1 Å². The highest BCUT2D eigenvalue weighted by atomic mass is 32.1. The quantitative estimate of drug-likeness (QED) is 0.811. The van der Waals surface area contributed by atoms with Gasteiger partial charge in [-0.3, -0.25) is 0 Å². The van der Waals surface area contributed by atoms with Crippen LogP contribution in [0.5, 0.6) is 0 Å². The second kappa shape index (κ2) is 8.12. The Morgan fingerprint density at radius 1 is 1.23 bits per heavy atom. The number of nitrogens with one attached hydrogen (secondary N) is 1. The molecule has 2 unspecified atom stereocenters. The lowest BCUT2D eigenvalue weighted by Crippen LogP contribution is -2.45. The van der Waals surface area contributed by atoms with Crippen LogP contribution in [-0.2, 0) is 14.3 Å². The van der Waals surface area contributed by atoms with E-state index < -0.39 is 24.2 Å². The van der Waals surface area contributed by atoms with Crippen molar-refractivity contribution in [1.29, 1.82) is 0 Å². The summed E-state index contributed by atoms with van der Waals surface area (Å²) in [6, 6.07) is -0.730. The zero-order chi connectivity index (χ0) is 16.9. The van der Waals surface area contributed by atoms with Crippen LogP contribution in [0, 0.1) is 5.92 Å². The van der Waals surface area contributed by atoms with Crippen molar-refractivity contribution in [3.05, 3.63) is 16.1 Å². The van der Waals surface area contributed by atoms with Gasteiger partial charge >= 0.3 is 12.1 Å². The van der Waals surface area contributed by atoms with Gasteiger partial charge in [0.15, 0.2) is 0 Å². The molecule has 0 aliphatic rings. The average Bonchev–Trinajstić information content (AvgIpc) is 2.93. The molecule has 1 aromatic rings. The van der Waals surface area contributed by atoms with Gasteiger partial charge in [0.2, 0.25) is 0 Å². The topological polar surface area (TPSA) is 77.5 Å². The molecule has 124 valence electrons. The Kier molecular flexibility index (Phi) is 6.80. The number of esters is 1. The van der Waals surface area contributed by atoms with Crippen molar-refractivity contribution in [2.75, 3.05) is 7.11 Å². The predicted molar refractivity (Wildman–Crippen MR) is 84.9 cm³/mol. The molecule has 6 nitrogen and oxygen atoms in total. The molecule has 0 bridgehead atoms. The predicted octanol–water partition coefficient (Wildman–Crippen LogP) is 3.25. The number of nitrogens with zero attached hydrogens (tertiary/aromatic N) is 1. The minimum absolute atomic E-state index is 0.0953. The first-order chi connectivity index (χ1) is 10.3. The van der Waals surface area contributed by atoms with E-state index in [4.69, 9.17) is 4.74 Å². The first-order valence-electron chi connectivity index (χ1n) is 7.26. The van der Waals surface area contributed by atoms with Crippen molar-refractivity contribution >= 4 is 23.4 Å². The van der Waals surface area contributed by atoms with Crippen molar-refractivity contribution < 1.29 is 19.1 Å². The van der Waals surface area contributed by atoms with Gasteiger partial charge in [-0.25, -0.2) is 14.6 Å². The second-order valence-electron chi connectivity index (χ2n) is 5.70. The second-order valence-corrected chi connectivity index (χ2v) is 6.59. The van der Waals surface area contributed by atoms with E-state index in [2.05, 4.69) is 28.9 Å². The number of aromatic nitrogens is 1. The van der Waals surface area contributed by atoms with Gasteiger partial charge in [0.05, 0.1) is 17.8 Å². The highest BCUT2D eigenvalue weighted by Crippen LogP contribution is 2.24. The standard InChI is InChI=1S/C15H24N2O4S/c1-8(2)12(14(18)20-6)17-15(19)21-10(5)11-7-22-13(16-11)9(3)4/h7-10,12H,1-6H3,(H,17,19). The molecule has 0 spiro atoms. The van der Waals surface area contributed by atoms with Crippen LogP contribution >= 0.6 is 11.3 Å². The SMILES string of the molecule is COC(=O)C(NC(=O)OC(C)c1csc(C(C)C)n1)C(C)C. The number of rotatable bonds is 6. The molecule has 1 amide bonds. The molecule has 1 heterocycles. The maximum Gasteiger partial charge on any atom is 0.408 e. The molecule has 0 radical (unpaired) electrons. The Hall–Kier alpha value is -1.63. The van der Waals surface area contributed by atoms with Gasteiger partial charge < -0.3 is 14.8 Å². The zero-order valence-corrected chi connectivity index (χ0v) is 14.7. The third-order valence-electron chi connectivity index (χ3n) is 3.13. The van der Waals surface area contributed by atoms with Crippen molar-refractivity contribution in [2.45, 2.75) is 52.7 Å². The normalized spacial score (nSPS) is 13.8. The number of methoxy groups -OCH3 is 1. The summed E-state index contributed by atoms with van der Waals surface area (Å²) in [6.45, 7) is 9.51. The number of carbonyl (C=O) groups is 2. The molecule has 0 saturated heterocycles. The van der Waals surface area contributed by atoms with Gasteiger partial charge in [-0.2, -0.15) is 0 Å². The summed E-state index contributed by atoms with van der Waals surface area (Å²) in [5, 5.41) is 5.42. The smallest absolute Gasteiger partial charge is 0.408 e. The molecule has 0 aliphatic carbocycles. The monoisotopic (exact) mass is 328 g/mol. The lowest BCUT2D eigenvalue weighted by Gasteiger charge is -2.20. The largest absolute Gasteiger partial charge is 0.467 e. The van der Waals surface area contributed by atoms with Gasteiger partial charge in [-0.05, 0) is 12.8 Å². The van der Waals surface area contributed by atoms with Crippen molar-refractivity contribution in [2.24, 2.45) is 5.92 Å². The first kappa shape index (κ1) is 18.4. The minimum atomic E-state index is -0.730. The lowest BCUT2D eigenvalue weighted by molar-refractivity contribution is -0.144. The minimum Gasteiger partial charge on any atom is -0.467 e. The summed E-state index contributed by atoms with van der Waals surface area (Å²) in [5.41, 5.74) is 0.711. The van der Waals surface area contributed by atoms with E-state index in [-0.39, 0.29) is 5.92 Å². The number of hydrogen-bond acceptors (Lipinski definition) is 6. The molecule has 2 atom stereocenters. The van der Waals surface area contributed by atoms with Gasteiger partial charge in [0, 0.05) is 11.3 Å². The summed E-state index contributed by atoms with van der Waals surface area (Å²) < 4.78 is 9.97. The van der Waals surface area contributed by atoms with Crippen LogP contribution in [0.1, 0.15) is 57.3 Å². The highest BCUT2D eigenvalue weighted by Gasteiger charge is 2.26. The van der Waals surface area contributed by atoms with E-state index in [9.17, 15) is 9.59 Å². The fourth-order valence-corrected chi connectivity index (χ4v) is 2.68. The van der Waals surface area contributed by atoms with Crippen molar-refractivity contribution in [3.8, 4) is 0 Å². The van der Waals surface area contributed by atoms with E-state index in [0.29, 0.717) is 11.6 Å². The van der Waals surface area contributed by atoms with E-state index in [1.807, 2.05) is 19.2 Å². The Morgan fingerprint density at radius 2 is 1.86 bits per heavy atom. The highest BCUT2D eigenvalue weighted by molar-refractivity contribution is 7.09. The third kappa shape index (κ3) is 4.98. The first-order valence-corrected chi connectivity index (χ1v) is 8.14. The Labute approximate surface area is 135 Å². The van der Waals surface area contributed by atoms with Gasteiger partial charge in [-0.1, -0.05) is 27.7 Å². The maximum absolute atomic E-state index is 11.9.